The van der Waals surface area contributed by atoms with E-state index in [9.17, 15) is 0 Å². The molecule has 0 aromatic carbocycles. The van der Waals surface area contributed by atoms with Crippen LogP contribution in [0, 0.1) is 0 Å². The molecule has 1 fully saturated rings. The van der Waals surface area contributed by atoms with Crippen molar-refractivity contribution in [1.29, 1.82) is 0 Å². The van der Waals surface area contributed by atoms with Crippen LogP contribution in [-0.4, -0.2) is 53.9 Å². The average molecular weight is 277 g/mol. The minimum atomic E-state index is 0.887. The Hall–Kier alpha value is 0.400. The van der Waals surface area contributed by atoms with Gasteiger partial charge in [0.1, 0.15) is 0 Å². The van der Waals surface area contributed by atoms with Crippen molar-refractivity contribution in [3.05, 3.63) is 0 Å². The van der Waals surface area contributed by atoms with Gasteiger partial charge in [0.2, 0.25) is 0 Å². The van der Waals surface area contributed by atoms with Crippen molar-refractivity contribution in [1.82, 2.24) is 9.80 Å². The van der Waals surface area contributed by atoms with Crippen LogP contribution in [0.2, 0.25) is 0 Å². The van der Waals surface area contributed by atoms with Gasteiger partial charge in [0.25, 0.3) is 0 Å². The number of rotatable bonds is 8. The maximum absolute atomic E-state index is 3.56. The molecule has 1 rings (SSSR count). The van der Waals surface area contributed by atoms with E-state index in [1.165, 1.54) is 52.0 Å². The van der Waals surface area contributed by atoms with Crippen LogP contribution in [0.3, 0.4) is 0 Å². The highest BCUT2D eigenvalue weighted by Gasteiger charge is 2.24. The highest BCUT2D eigenvalue weighted by atomic mass is 79.9. The minimum Gasteiger partial charge on any atom is -0.303 e. The van der Waals surface area contributed by atoms with Gasteiger partial charge < -0.3 is 4.90 Å². The largest absolute Gasteiger partial charge is 0.303 e. The zero-order valence-electron chi connectivity index (χ0n) is 10.2. The molecule has 1 saturated carbocycles. The lowest BCUT2D eigenvalue weighted by Crippen LogP contribution is -2.45. The first-order valence-electron chi connectivity index (χ1n) is 6.34. The van der Waals surface area contributed by atoms with Crippen molar-refractivity contribution < 1.29 is 0 Å². The monoisotopic (exact) mass is 276 g/mol. The van der Waals surface area contributed by atoms with Crippen molar-refractivity contribution in [3.8, 4) is 0 Å². The Morgan fingerprint density at radius 1 is 1.07 bits per heavy atom. The van der Waals surface area contributed by atoms with Crippen LogP contribution >= 0.6 is 15.9 Å². The summed E-state index contributed by atoms with van der Waals surface area (Å²) >= 11 is 3.56. The summed E-state index contributed by atoms with van der Waals surface area (Å²) < 4.78 is 0. The predicted octanol–water partition coefficient (Wildman–Crippen LogP) is 2.58. The van der Waals surface area contributed by atoms with E-state index in [1.807, 2.05) is 0 Å². The fourth-order valence-corrected chi connectivity index (χ4v) is 2.60. The topological polar surface area (TPSA) is 6.48 Å². The van der Waals surface area contributed by atoms with Crippen LogP contribution < -0.4 is 0 Å². The van der Waals surface area contributed by atoms with Crippen molar-refractivity contribution in [2.24, 2.45) is 0 Å². The van der Waals surface area contributed by atoms with Crippen LogP contribution in [0.1, 0.15) is 33.1 Å². The second-order valence-electron chi connectivity index (χ2n) is 4.34. The number of nitrogens with zero attached hydrogens (tertiary/aromatic N) is 2. The van der Waals surface area contributed by atoms with E-state index < -0.39 is 0 Å². The molecule has 3 heteroatoms. The van der Waals surface area contributed by atoms with E-state index in [0.29, 0.717) is 0 Å². The lowest BCUT2D eigenvalue weighted by atomic mass is 9.91. The molecular formula is C12H25BrN2. The maximum atomic E-state index is 3.56. The smallest absolute Gasteiger partial charge is 0.0159 e. The Kier molecular flexibility index (Phi) is 6.86. The van der Waals surface area contributed by atoms with E-state index in [-0.39, 0.29) is 0 Å². The van der Waals surface area contributed by atoms with Gasteiger partial charge in [-0.15, -0.1) is 0 Å². The van der Waals surface area contributed by atoms with Gasteiger partial charge in [-0.05, 0) is 25.9 Å². The first-order valence-corrected chi connectivity index (χ1v) is 7.46. The quantitative estimate of drug-likeness (QED) is 0.629. The number of likely N-dealkylation sites (N-methyl/N-ethyl adjacent to an activating group) is 1. The summed E-state index contributed by atoms with van der Waals surface area (Å²) in [5, 5.41) is 1.11. The molecule has 1 aliphatic carbocycles. The molecule has 0 heterocycles. The first kappa shape index (κ1) is 13.5. The second kappa shape index (κ2) is 7.64. The van der Waals surface area contributed by atoms with Crippen molar-refractivity contribution in [2.75, 3.05) is 38.1 Å². The van der Waals surface area contributed by atoms with E-state index >= 15 is 0 Å². The second-order valence-corrected chi connectivity index (χ2v) is 5.13. The Bertz CT molecular complexity index is 156. The van der Waals surface area contributed by atoms with Crippen LogP contribution in [0.5, 0.6) is 0 Å². The molecule has 0 aromatic heterocycles. The van der Waals surface area contributed by atoms with E-state index in [0.717, 1.165) is 11.4 Å². The molecule has 90 valence electrons. The van der Waals surface area contributed by atoms with Crippen LogP contribution in [0.15, 0.2) is 0 Å². The van der Waals surface area contributed by atoms with Gasteiger partial charge >= 0.3 is 0 Å². The summed E-state index contributed by atoms with van der Waals surface area (Å²) in [6, 6.07) is 0.887. The molecule has 0 aliphatic heterocycles. The maximum Gasteiger partial charge on any atom is 0.0159 e. The molecule has 2 nitrogen and oxygen atoms in total. The van der Waals surface area contributed by atoms with Gasteiger partial charge in [-0.3, -0.25) is 4.90 Å². The molecule has 0 spiro atoms. The molecular weight excluding hydrogens is 252 g/mol. The molecule has 0 bridgehead atoms. The molecule has 15 heavy (non-hydrogen) atoms. The summed E-state index contributed by atoms with van der Waals surface area (Å²) in [5.41, 5.74) is 0. The number of halogens is 1. The van der Waals surface area contributed by atoms with E-state index in [2.05, 4.69) is 39.6 Å². The molecule has 0 atom stereocenters. The highest BCUT2D eigenvalue weighted by molar-refractivity contribution is 9.09. The SMILES string of the molecule is CCN(CC)CCN(CCBr)C1CCC1. The number of hydrogen-bond acceptors (Lipinski definition) is 2. The fraction of sp³-hybridized carbons (Fsp3) is 1.00. The average Bonchev–Trinajstić information content (AvgIpc) is 2.17. The normalized spacial score (nSPS) is 17.4. The van der Waals surface area contributed by atoms with Crippen LogP contribution in [0.25, 0.3) is 0 Å². The zero-order chi connectivity index (χ0) is 11.1. The third-order valence-electron chi connectivity index (χ3n) is 3.56. The van der Waals surface area contributed by atoms with Gasteiger partial charge in [0.05, 0.1) is 0 Å². The third kappa shape index (κ3) is 4.41. The lowest BCUT2D eigenvalue weighted by Gasteiger charge is -2.38. The van der Waals surface area contributed by atoms with Crippen LogP contribution in [-0.2, 0) is 0 Å². The van der Waals surface area contributed by atoms with Gasteiger partial charge in [-0.2, -0.15) is 0 Å². The van der Waals surface area contributed by atoms with Crippen LogP contribution in [0.4, 0.5) is 0 Å². The van der Waals surface area contributed by atoms with Crippen molar-refractivity contribution >= 4 is 15.9 Å². The highest BCUT2D eigenvalue weighted by Crippen LogP contribution is 2.24. The molecule has 0 saturated heterocycles. The van der Waals surface area contributed by atoms with Crippen molar-refractivity contribution in [2.45, 2.75) is 39.2 Å². The molecule has 0 radical (unpaired) electrons. The fourth-order valence-electron chi connectivity index (χ4n) is 2.15. The number of hydrogen-bond donors (Lipinski definition) is 0. The van der Waals surface area contributed by atoms with Crippen molar-refractivity contribution in [3.63, 3.8) is 0 Å². The molecule has 1 aliphatic rings. The summed E-state index contributed by atoms with van der Waals surface area (Å²) in [4.78, 5) is 5.18. The predicted molar refractivity (Wildman–Crippen MR) is 70.8 cm³/mol. The Balaban J connectivity index is 2.23. The molecule has 0 N–H and O–H groups in total. The Labute approximate surface area is 103 Å². The van der Waals surface area contributed by atoms with Gasteiger partial charge in [-0.1, -0.05) is 36.2 Å². The summed E-state index contributed by atoms with van der Waals surface area (Å²) in [5.74, 6) is 0. The summed E-state index contributed by atoms with van der Waals surface area (Å²) in [6.45, 7) is 10.6. The zero-order valence-corrected chi connectivity index (χ0v) is 11.8. The lowest BCUT2D eigenvalue weighted by molar-refractivity contribution is 0.118. The Morgan fingerprint density at radius 3 is 2.13 bits per heavy atom. The van der Waals surface area contributed by atoms with E-state index in [4.69, 9.17) is 0 Å². The molecule has 0 aromatic rings. The third-order valence-corrected chi connectivity index (χ3v) is 3.92. The molecule has 0 unspecified atom stereocenters. The summed E-state index contributed by atoms with van der Waals surface area (Å²) in [6.07, 6.45) is 4.28. The molecule has 0 amide bonds. The van der Waals surface area contributed by atoms with Gasteiger partial charge in [0.15, 0.2) is 0 Å². The standard InChI is InChI=1S/C12H25BrN2/c1-3-14(4-2)10-11-15(9-8-13)12-6-5-7-12/h12H,3-11H2,1-2H3. The van der Waals surface area contributed by atoms with Gasteiger partial charge in [0, 0.05) is 31.0 Å². The van der Waals surface area contributed by atoms with E-state index in [1.54, 1.807) is 0 Å². The summed E-state index contributed by atoms with van der Waals surface area (Å²) in [7, 11) is 0. The number of alkyl halides is 1. The first-order chi connectivity index (χ1) is 7.31. The Morgan fingerprint density at radius 2 is 1.73 bits per heavy atom. The minimum absolute atomic E-state index is 0.887. The van der Waals surface area contributed by atoms with Gasteiger partial charge in [-0.25, -0.2) is 0 Å².